The van der Waals surface area contributed by atoms with Crippen LogP contribution in [0.1, 0.15) is 48.9 Å². The van der Waals surface area contributed by atoms with Gasteiger partial charge in [-0.3, -0.25) is 14.5 Å². The molecule has 10 nitrogen and oxygen atoms in total. The van der Waals surface area contributed by atoms with Gasteiger partial charge in [-0.05, 0) is 43.2 Å². The third-order valence-electron chi connectivity index (χ3n) is 8.74. The summed E-state index contributed by atoms with van der Waals surface area (Å²) in [6, 6.07) is 6.32. The second-order valence-corrected chi connectivity index (χ2v) is 13.5. The number of benzene rings is 1. The molecular weight excluding hydrogens is 585 g/mol. The van der Waals surface area contributed by atoms with Gasteiger partial charge in [-0.2, -0.15) is 0 Å². The van der Waals surface area contributed by atoms with Gasteiger partial charge in [-0.15, -0.1) is 0 Å². The lowest BCUT2D eigenvalue weighted by Gasteiger charge is -2.35. The minimum Gasteiger partial charge on any atom is -0.395 e. The number of carbonyl (C=O) groups is 1. The monoisotopic (exact) mass is 618 g/mol. The van der Waals surface area contributed by atoms with E-state index in [1.165, 1.54) is 37.4 Å². The number of piperidine rings is 2. The van der Waals surface area contributed by atoms with E-state index < -0.39 is 52.9 Å². The van der Waals surface area contributed by atoms with Crippen molar-refractivity contribution in [2.24, 2.45) is 5.41 Å². The van der Waals surface area contributed by atoms with Crippen LogP contribution in [0.2, 0.25) is 0 Å². The number of rotatable bonds is 8. The summed E-state index contributed by atoms with van der Waals surface area (Å²) < 4.78 is 70.8. The lowest BCUT2D eigenvalue weighted by Crippen LogP contribution is -2.40. The number of amides is 1. The maximum atomic E-state index is 16.1. The van der Waals surface area contributed by atoms with Crippen LogP contribution in [-0.2, 0) is 10.0 Å². The van der Waals surface area contributed by atoms with Gasteiger partial charge < -0.3 is 20.2 Å². The van der Waals surface area contributed by atoms with Gasteiger partial charge >= 0.3 is 0 Å². The van der Waals surface area contributed by atoms with E-state index in [2.05, 4.69) is 20.0 Å². The molecule has 4 heterocycles. The molecule has 43 heavy (non-hydrogen) atoms. The molecule has 3 aliphatic rings. The quantitative estimate of drug-likeness (QED) is 0.340. The molecule has 14 heteroatoms. The predicted octanol–water partition coefficient (Wildman–Crippen LogP) is 4.37. The lowest BCUT2D eigenvalue weighted by atomic mass is 9.93. The van der Waals surface area contributed by atoms with Crippen molar-refractivity contribution >= 4 is 49.7 Å². The summed E-state index contributed by atoms with van der Waals surface area (Å²) in [7, 11) is -3.86. The van der Waals surface area contributed by atoms with Crippen LogP contribution in [0.3, 0.4) is 0 Å². The van der Waals surface area contributed by atoms with E-state index >= 15 is 4.39 Å². The number of aliphatic hydroxyl groups excluding tert-OH is 1. The Kier molecular flexibility index (Phi) is 7.61. The van der Waals surface area contributed by atoms with Crippen molar-refractivity contribution in [3.05, 3.63) is 48.0 Å². The van der Waals surface area contributed by atoms with Crippen LogP contribution in [0.4, 0.5) is 36.1 Å². The molecule has 1 spiro atoms. The molecule has 2 aromatic heterocycles. The third-order valence-corrected chi connectivity index (χ3v) is 9.98. The molecule has 6 rings (SSSR count). The fraction of sp³-hybridized carbons (Fsp3) is 0.483. The first kappa shape index (κ1) is 29.4. The Morgan fingerprint density at radius 1 is 1.00 bits per heavy atom. The fourth-order valence-corrected chi connectivity index (χ4v) is 6.75. The second kappa shape index (κ2) is 11.1. The smallest absolute Gasteiger partial charge is 0.259 e. The molecule has 0 unspecified atom stereocenters. The standard InChI is InChI=1S/C29H33F3N6O4S/c30-24-21(16-19-2-1-9-33-25(19)26(24)38-12-7-29(31,32)8-13-38)35-27(40)20-18-34-23(36-43(41,42)15-14-39)17-22(20)37-10-5-28(3-4-28)6-11-37/h1-2,9,16-18,39H,3-8,10-15H2,(H,34,36)(H,35,40). The highest BCUT2D eigenvalue weighted by molar-refractivity contribution is 7.92. The van der Waals surface area contributed by atoms with Crippen molar-refractivity contribution in [1.82, 2.24) is 9.97 Å². The summed E-state index contributed by atoms with van der Waals surface area (Å²) >= 11 is 0. The minimum atomic E-state index is -3.86. The van der Waals surface area contributed by atoms with Gasteiger partial charge in [-0.25, -0.2) is 26.6 Å². The highest BCUT2D eigenvalue weighted by Gasteiger charge is 2.45. The molecule has 3 aromatic rings. The Labute approximate surface area is 247 Å². The van der Waals surface area contributed by atoms with Crippen molar-refractivity contribution in [1.29, 1.82) is 0 Å². The first-order valence-electron chi connectivity index (χ1n) is 14.4. The Morgan fingerprint density at radius 3 is 2.37 bits per heavy atom. The Morgan fingerprint density at radius 2 is 1.70 bits per heavy atom. The van der Waals surface area contributed by atoms with Crippen LogP contribution in [0.25, 0.3) is 10.9 Å². The van der Waals surface area contributed by atoms with Crippen LogP contribution < -0.4 is 19.8 Å². The largest absolute Gasteiger partial charge is 0.395 e. The summed E-state index contributed by atoms with van der Waals surface area (Å²) in [4.78, 5) is 25.7. The van der Waals surface area contributed by atoms with Crippen LogP contribution >= 0.6 is 0 Å². The molecule has 1 aliphatic carbocycles. The molecular formula is C29H33F3N6O4S. The fourth-order valence-electron chi connectivity index (χ4n) is 5.98. The molecule has 0 atom stereocenters. The number of pyridine rings is 2. The number of nitrogens with one attached hydrogen (secondary N) is 2. The Hall–Kier alpha value is -3.65. The zero-order chi connectivity index (χ0) is 30.4. The molecule has 230 valence electrons. The van der Waals surface area contributed by atoms with Crippen LogP contribution in [0.15, 0.2) is 36.7 Å². The van der Waals surface area contributed by atoms with E-state index in [4.69, 9.17) is 5.11 Å². The van der Waals surface area contributed by atoms with Crippen LogP contribution in [0, 0.1) is 11.2 Å². The van der Waals surface area contributed by atoms with Crippen molar-refractivity contribution in [2.45, 2.75) is 44.4 Å². The molecule has 0 bridgehead atoms. The molecule has 1 saturated carbocycles. The Bertz CT molecular complexity index is 1650. The summed E-state index contributed by atoms with van der Waals surface area (Å²) in [6.45, 7) is 0.627. The second-order valence-electron chi connectivity index (χ2n) is 11.7. The molecule has 0 radical (unpaired) electrons. The van der Waals surface area contributed by atoms with E-state index in [1.807, 2.05) is 4.90 Å². The van der Waals surface area contributed by atoms with Crippen molar-refractivity contribution in [3.8, 4) is 0 Å². The number of hydrogen-bond donors (Lipinski definition) is 3. The van der Waals surface area contributed by atoms with Gasteiger partial charge in [0.2, 0.25) is 10.0 Å². The third kappa shape index (κ3) is 6.21. The van der Waals surface area contributed by atoms with E-state index in [1.54, 1.807) is 17.0 Å². The molecule has 3 N–H and O–H groups in total. The number of aromatic nitrogens is 2. The van der Waals surface area contributed by atoms with Gasteiger partial charge in [0.1, 0.15) is 11.5 Å². The first-order valence-corrected chi connectivity index (χ1v) is 16.0. The average molecular weight is 619 g/mol. The van der Waals surface area contributed by atoms with Gasteiger partial charge in [0.25, 0.3) is 11.8 Å². The summed E-state index contributed by atoms with van der Waals surface area (Å²) in [5.74, 6) is -4.76. The normalized spacial score (nSPS) is 19.4. The van der Waals surface area contributed by atoms with Crippen molar-refractivity contribution in [3.63, 3.8) is 0 Å². The molecule has 1 amide bonds. The zero-order valence-electron chi connectivity index (χ0n) is 23.5. The van der Waals surface area contributed by atoms with Gasteiger partial charge in [-0.1, -0.05) is 6.07 Å². The summed E-state index contributed by atoms with van der Waals surface area (Å²) in [6.07, 6.45) is 6.13. The number of sulfonamides is 1. The van der Waals surface area contributed by atoms with Gasteiger partial charge in [0, 0.05) is 62.9 Å². The van der Waals surface area contributed by atoms with Gasteiger partial charge in [0.05, 0.1) is 34.8 Å². The Balaban J connectivity index is 1.33. The summed E-state index contributed by atoms with van der Waals surface area (Å²) in [5, 5.41) is 12.3. The van der Waals surface area contributed by atoms with E-state index in [0.717, 1.165) is 12.8 Å². The van der Waals surface area contributed by atoms with E-state index in [9.17, 15) is 22.0 Å². The van der Waals surface area contributed by atoms with E-state index in [0.29, 0.717) is 35.1 Å². The lowest BCUT2D eigenvalue weighted by molar-refractivity contribution is -0.0221. The van der Waals surface area contributed by atoms with Crippen LogP contribution in [-0.4, -0.2) is 73.9 Å². The minimum absolute atomic E-state index is 0.00106. The molecule has 1 aromatic carbocycles. The number of aliphatic hydroxyl groups is 1. The number of nitrogens with zero attached hydrogens (tertiary/aromatic N) is 4. The topological polar surface area (TPSA) is 128 Å². The highest BCUT2D eigenvalue weighted by atomic mass is 32.2. The maximum Gasteiger partial charge on any atom is 0.259 e. The number of anilines is 4. The SMILES string of the molecule is O=C(Nc1cc2cccnc2c(N2CCC(F)(F)CC2)c1F)c1cnc(NS(=O)(=O)CCO)cc1N1CCC2(CC1)CC2. The first-order chi connectivity index (χ1) is 20.5. The number of halogens is 3. The van der Waals surface area contributed by atoms with Crippen molar-refractivity contribution in [2.75, 3.05) is 58.4 Å². The average Bonchev–Trinajstić information content (AvgIpc) is 3.72. The predicted molar refractivity (Wildman–Crippen MR) is 158 cm³/mol. The molecule has 3 fully saturated rings. The molecule has 2 aliphatic heterocycles. The van der Waals surface area contributed by atoms with Gasteiger partial charge in [0.15, 0.2) is 5.82 Å². The number of fused-ring (bicyclic) bond motifs is 1. The maximum absolute atomic E-state index is 16.1. The number of hydrogen-bond acceptors (Lipinski definition) is 8. The zero-order valence-corrected chi connectivity index (χ0v) is 24.3. The molecule has 2 saturated heterocycles. The van der Waals surface area contributed by atoms with Crippen molar-refractivity contribution < 1.29 is 31.5 Å². The highest BCUT2D eigenvalue weighted by Crippen LogP contribution is 2.54. The van der Waals surface area contributed by atoms with E-state index in [-0.39, 0.29) is 35.8 Å². The van der Waals surface area contributed by atoms with Crippen LogP contribution in [0.5, 0.6) is 0 Å². The summed E-state index contributed by atoms with van der Waals surface area (Å²) in [5.41, 5.74) is 1.16. The number of carbonyl (C=O) groups excluding carboxylic acids is 1. The number of alkyl halides is 2.